The van der Waals surface area contributed by atoms with E-state index in [0.717, 1.165) is 37.7 Å². The van der Waals surface area contributed by atoms with E-state index in [-0.39, 0.29) is 0 Å². The van der Waals surface area contributed by atoms with E-state index in [1.54, 1.807) is 0 Å². The predicted molar refractivity (Wildman–Crippen MR) is 51.1 cm³/mol. The molecular weight excluding hydrogens is 148 g/mol. The Morgan fingerprint density at radius 2 is 2.00 bits per heavy atom. The average molecular weight is 166 g/mol. The van der Waals surface area contributed by atoms with Gasteiger partial charge in [-0.3, -0.25) is 4.79 Å². The van der Waals surface area contributed by atoms with Gasteiger partial charge in [-0.2, -0.15) is 0 Å². The molecule has 0 aromatic rings. The van der Waals surface area contributed by atoms with E-state index in [0.29, 0.717) is 5.78 Å². The Morgan fingerprint density at radius 1 is 1.33 bits per heavy atom. The molecule has 0 amide bonds. The second-order valence-electron chi connectivity index (χ2n) is 3.64. The first-order valence-electron chi connectivity index (χ1n) is 4.97. The Kier molecular flexibility index (Phi) is 3.51. The zero-order chi connectivity index (χ0) is 8.97. The monoisotopic (exact) mass is 166 g/mol. The van der Waals surface area contributed by atoms with Crippen LogP contribution < -0.4 is 0 Å². The lowest BCUT2D eigenvalue weighted by Crippen LogP contribution is -2.10. The third-order valence-electron chi connectivity index (χ3n) is 2.56. The number of rotatable bonds is 2. The van der Waals surface area contributed by atoms with Crippen LogP contribution in [0, 0.1) is 0 Å². The van der Waals surface area contributed by atoms with Crippen LogP contribution in [0.3, 0.4) is 0 Å². The van der Waals surface area contributed by atoms with Gasteiger partial charge in [0, 0.05) is 6.42 Å². The van der Waals surface area contributed by atoms with Gasteiger partial charge in [0.1, 0.15) is 0 Å². The smallest absolute Gasteiger partial charge is 0.158 e. The maximum atomic E-state index is 11.5. The van der Waals surface area contributed by atoms with Gasteiger partial charge in [-0.1, -0.05) is 18.9 Å². The number of Topliss-reactive ketones (excluding diaryl/α,β-unsaturated/α-hetero) is 1. The summed E-state index contributed by atoms with van der Waals surface area (Å²) < 4.78 is 0. The summed E-state index contributed by atoms with van der Waals surface area (Å²) in [5.41, 5.74) is 2.48. The van der Waals surface area contributed by atoms with Crippen LogP contribution in [0.2, 0.25) is 0 Å². The largest absolute Gasteiger partial charge is 0.295 e. The van der Waals surface area contributed by atoms with E-state index in [1.165, 1.54) is 12.0 Å². The Bertz CT molecular complexity index is 201. The van der Waals surface area contributed by atoms with Crippen molar-refractivity contribution in [1.82, 2.24) is 0 Å². The van der Waals surface area contributed by atoms with Crippen molar-refractivity contribution in [2.24, 2.45) is 0 Å². The van der Waals surface area contributed by atoms with Crippen molar-refractivity contribution in [3.05, 3.63) is 11.1 Å². The molecule has 68 valence electrons. The molecule has 12 heavy (non-hydrogen) atoms. The van der Waals surface area contributed by atoms with Gasteiger partial charge in [0.05, 0.1) is 0 Å². The lowest BCUT2D eigenvalue weighted by molar-refractivity contribution is -0.116. The fraction of sp³-hybridized carbons (Fsp3) is 0.727. The summed E-state index contributed by atoms with van der Waals surface area (Å²) in [5.74, 6) is 0.409. The number of ketones is 1. The van der Waals surface area contributed by atoms with Crippen LogP contribution in [0.4, 0.5) is 0 Å². The number of hydrogen-bond acceptors (Lipinski definition) is 1. The van der Waals surface area contributed by atoms with Crippen molar-refractivity contribution in [2.45, 2.75) is 52.4 Å². The second-order valence-corrected chi connectivity index (χ2v) is 3.64. The summed E-state index contributed by atoms with van der Waals surface area (Å²) in [4.78, 5) is 11.5. The molecule has 0 unspecified atom stereocenters. The third kappa shape index (κ3) is 2.20. The minimum Gasteiger partial charge on any atom is -0.295 e. The summed E-state index contributed by atoms with van der Waals surface area (Å²) in [6.45, 7) is 4.28. The van der Waals surface area contributed by atoms with Gasteiger partial charge in [0.15, 0.2) is 5.78 Å². The van der Waals surface area contributed by atoms with Crippen LogP contribution >= 0.6 is 0 Å². The zero-order valence-corrected chi connectivity index (χ0v) is 8.15. The summed E-state index contributed by atoms with van der Waals surface area (Å²) >= 11 is 0. The second kappa shape index (κ2) is 4.44. The third-order valence-corrected chi connectivity index (χ3v) is 2.56. The molecule has 0 aliphatic heterocycles. The molecule has 1 aliphatic carbocycles. The van der Waals surface area contributed by atoms with Gasteiger partial charge >= 0.3 is 0 Å². The first-order valence-corrected chi connectivity index (χ1v) is 4.97. The van der Waals surface area contributed by atoms with Crippen molar-refractivity contribution in [3.63, 3.8) is 0 Å². The minimum atomic E-state index is 0.409. The molecule has 1 rings (SSSR count). The Balaban J connectivity index is 2.68. The number of hydrogen-bond donors (Lipinski definition) is 0. The first-order chi connectivity index (χ1) is 5.75. The lowest BCUT2D eigenvalue weighted by Gasteiger charge is -2.15. The van der Waals surface area contributed by atoms with E-state index in [4.69, 9.17) is 0 Å². The van der Waals surface area contributed by atoms with Crippen molar-refractivity contribution in [3.8, 4) is 0 Å². The summed E-state index contributed by atoms with van der Waals surface area (Å²) in [6, 6.07) is 0. The predicted octanol–water partition coefficient (Wildman–Crippen LogP) is 3.25. The molecule has 0 atom stereocenters. The Labute approximate surface area is 74.9 Å². The molecule has 0 heterocycles. The van der Waals surface area contributed by atoms with Gasteiger partial charge in [-0.25, -0.2) is 0 Å². The van der Waals surface area contributed by atoms with Crippen LogP contribution in [-0.4, -0.2) is 5.78 Å². The molecule has 0 aromatic carbocycles. The molecule has 0 N–H and O–H groups in total. The van der Waals surface area contributed by atoms with E-state index in [2.05, 4.69) is 13.8 Å². The molecular formula is C11H18O. The van der Waals surface area contributed by atoms with Crippen LogP contribution in [0.15, 0.2) is 11.1 Å². The van der Waals surface area contributed by atoms with Crippen molar-refractivity contribution < 1.29 is 4.79 Å². The van der Waals surface area contributed by atoms with Crippen LogP contribution in [-0.2, 0) is 4.79 Å². The molecule has 0 saturated heterocycles. The van der Waals surface area contributed by atoms with Gasteiger partial charge in [-0.05, 0) is 38.2 Å². The molecule has 1 fully saturated rings. The summed E-state index contributed by atoms with van der Waals surface area (Å²) in [7, 11) is 0. The Hall–Kier alpha value is -0.590. The van der Waals surface area contributed by atoms with E-state index in [9.17, 15) is 4.79 Å². The SMILES string of the molecule is CCCC(C)=C1CCCCC1=O. The van der Waals surface area contributed by atoms with E-state index < -0.39 is 0 Å². The van der Waals surface area contributed by atoms with Crippen molar-refractivity contribution >= 4 is 5.78 Å². The van der Waals surface area contributed by atoms with Crippen LogP contribution in [0.5, 0.6) is 0 Å². The standard InChI is InChI=1S/C11H18O/c1-3-6-9(2)10-7-4-5-8-11(10)12/h3-8H2,1-2H3. The van der Waals surface area contributed by atoms with Gasteiger partial charge in [0.25, 0.3) is 0 Å². The molecule has 0 radical (unpaired) electrons. The fourth-order valence-corrected chi connectivity index (χ4v) is 1.85. The van der Waals surface area contributed by atoms with Crippen molar-refractivity contribution in [2.75, 3.05) is 0 Å². The molecule has 0 aromatic heterocycles. The molecule has 1 saturated carbocycles. The topological polar surface area (TPSA) is 17.1 Å². The van der Waals surface area contributed by atoms with Crippen LogP contribution in [0.1, 0.15) is 52.4 Å². The minimum absolute atomic E-state index is 0.409. The van der Waals surface area contributed by atoms with E-state index in [1.807, 2.05) is 0 Å². The van der Waals surface area contributed by atoms with E-state index >= 15 is 0 Å². The average Bonchev–Trinajstić information content (AvgIpc) is 2.05. The Morgan fingerprint density at radius 3 is 2.58 bits per heavy atom. The first kappa shape index (κ1) is 9.50. The molecule has 0 bridgehead atoms. The number of carbonyl (C=O) groups is 1. The summed E-state index contributed by atoms with van der Waals surface area (Å²) in [6.07, 6.45) is 6.38. The fourth-order valence-electron chi connectivity index (χ4n) is 1.85. The molecule has 1 aliphatic rings. The van der Waals surface area contributed by atoms with Crippen molar-refractivity contribution in [1.29, 1.82) is 0 Å². The van der Waals surface area contributed by atoms with Gasteiger partial charge in [0.2, 0.25) is 0 Å². The van der Waals surface area contributed by atoms with Crippen LogP contribution in [0.25, 0.3) is 0 Å². The number of allylic oxidation sites excluding steroid dienone is 2. The van der Waals surface area contributed by atoms with Gasteiger partial charge in [-0.15, -0.1) is 0 Å². The number of carbonyl (C=O) groups excluding carboxylic acids is 1. The highest BCUT2D eigenvalue weighted by Gasteiger charge is 2.16. The van der Waals surface area contributed by atoms with Gasteiger partial charge < -0.3 is 0 Å². The maximum absolute atomic E-state index is 11.5. The highest BCUT2D eigenvalue weighted by atomic mass is 16.1. The maximum Gasteiger partial charge on any atom is 0.158 e. The normalized spacial score (nSPS) is 22.7. The summed E-state index contributed by atoms with van der Waals surface area (Å²) in [5, 5.41) is 0. The highest BCUT2D eigenvalue weighted by Crippen LogP contribution is 2.24. The highest BCUT2D eigenvalue weighted by molar-refractivity contribution is 5.96. The molecule has 1 nitrogen and oxygen atoms in total. The lowest BCUT2D eigenvalue weighted by atomic mass is 9.89. The molecule has 0 spiro atoms. The molecule has 1 heteroatoms. The quantitative estimate of drug-likeness (QED) is 0.575. The zero-order valence-electron chi connectivity index (χ0n) is 8.15.